The number of unbranched alkanes of at least 4 members (excludes halogenated alkanes) is 2. The number of carbonyl (C=O) groups excluding carboxylic acids is 1. The predicted molar refractivity (Wildman–Crippen MR) is 161 cm³/mol. The number of hydrogen-bond acceptors (Lipinski definition) is 8. The van der Waals surface area contributed by atoms with Crippen molar-refractivity contribution in [2.75, 3.05) is 32.8 Å². The van der Waals surface area contributed by atoms with Crippen molar-refractivity contribution in [3.63, 3.8) is 0 Å². The van der Waals surface area contributed by atoms with Gasteiger partial charge >= 0.3 is 12.1 Å². The molecule has 9 nitrogen and oxygen atoms in total. The van der Waals surface area contributed by atoms with Crippen LogP contribution in [0.3, 0.4) is 0 Å². The Balaban J connectivity index is 0. The molecule has 1 aliphatic rings. The zero-order chi connectivity index (χ0) is 31.7. The summed E-state index contributed by atoms with van der Waals surface area (Å²) in [4.78, 5) is 13.9. The number of likely N-dealkylation sites (N-methyl/N-ethyl adjacent to an activating group) is 1. The van der Waals surface area contributed by atoms with E-state index >= 15 is 0 Å². The Morgan fingerprint density at radius 1 is 1.22 bits per heavy atom. The number of ether oxygens (including phenoxy) is 1. The molecule has 1 heterocycles. The number of carbonyl (C=O) groups is 1. The molecule has 0 aliphatic carbocycles. The third-order valence-electron chi connectivity index (χ3n) is 5.71. The van der Waals surface area contributed by atoms with E-state index in [9.17, 15) is 23.1 Å². The third-order valence-corrected chi connectivity index (χ3v) is 5.71. The number of nitrogens with zero attached hydrogens (tertiary/aromatic N) is 3. The van der Waals surface area contributed by atoms with Crippen LogP contribution in [0.1, 0.15) is 66.2 Å². The zero-order valence-corrected chi connectivity index (χ0v) is 25.1. The fraction of sp³-hybridized carbons (Fsp3) is 0.586. The number of hydrazone groups is 1. The molecular weight excluding hydrogens is 537 g/mol. The molecule has 1 unspecified atom stereocenters. The molecule has 1 saturated heterocycles. The number of aliphatic hydroxyl groups excluding tert-OH is 1. The smallest absolute Gasteiger partial charge is 0.392 e. The maximum atomic E-state index is 12.5. The molecule has 0 spiro atoms. The number of nitrogens with two attached hydrogens (primary N) is 2. The van der Waals surface area contributed by atoms with Crippen molar-refractivity contribution >= 4 is 12.3 Å². The molecule has 1 fully saturated rings. The molecule has 0 bridgehead atoms. The van der Waals surface area contributed by atoms with Crippen LogP contribution in [0.5, 0.6) is 0 Å². The maximum Gasteiger partial charge on any atom is 0.392 e. The summed E-state index contributed by atoms with van der Waals surface area (Å²) in [5.41, 5.74) is 1.29. The SMILES string of the molecule is C/C=C(\C=C/CCCC(O)NCCN(CC)CCC/C=C1/COC(=O)/C1=C/CC(F)(F)F)N(N)/C=N\N.C=C.CC. The van der Waals surface area contributed by atoms with Gasteiger partial charge in [0, 0.05) is 13.1 Å². The third kappa shape index (κ3) is 19.7. The number of aliphatic hydroxyl groups is 1. The summed E-state index contributed by atoms with van der Waals surface area (Å²) < 4.78 is 42.3. The normalized spacial score (nSPS) is 16.6. The van der Waals surface area contributed by atoms with E-state index in [0.29, 0.717) is 25.0 Å². The van der Waals surface area contributed by atoms with Crippen molar-refractivity contribution in [3.05, 3.63) is 60.4 Å². The molecule has 1 rings (SSSR count). The van der Waals surface area contributed by atoms with Crippen molar-refractivity contribution in [2.24, 2.45) is 16.8 Å². The molecule has 1 atom stereocenters. The predicted octanol–water partition coefficient (Wildman–Crippen LogP) is 4.89. The van der Waals surface area contributed by atoms with Crippen LogP contribution >= 0.6 is 0 Å². The van der Waals surface area contributed by atoms with E-state index in [0.717, 1.165) is 50.7 Å². The van der Waals surface area contributed by atoms with Crippen molar-refractivity contribution in [1.82, 2.24) is 15.2 Å². The molecule has 41 heavy (non-hydrogen) atoms. The van der Waals surface area contributed by atoms with E-state index in [1.807, 2.05) is 45.9 Å². The van der Waals surface area contributed by atoms with Gasteiger partial charge in [-0.2, -0.15) is 18.3 Å². The Labute approximate surface area is 244 Å². The van der Waals surface area contributed by atoms with Gasteiger partial charge in [0.25, 0.3) is 0 Å². The zero-order valence-electron chi connectivity index (χ0n) is 25.1. The van der Waals surface area contributed by atoms with Crippen molar-refractivity contribution in [2.45, 2.75) is 78.6 Å². The van der Waals surface area contributed by atoms with Crippen LogP contribution in [0.2, 0.25) is 0 Å². The summed E-state index contributed by atoms with van der Waals surface area (Å²) in [6.07, 6.45) is 7.18. The molecule has 12 heteroatoms. The summed E-state index contributed by atoms with van der Waals surface area (Å²) in [7, 11) is 0. The van der Waals surface area contributed by atoms with Crippen LogP contribution < -0.4 is 17.0 Å². The molecule has 0 saturated carbocycles. The van der Waals surface area contributed by atoms with E-state index in [1.165, 1.54) is 11.3 Å². The fourth-order valence-corrected chi connectivity index (χ4v) is 3.64. The largest absolute Gasteiger partial charge is 0.457 e. The highest BCUT2D eigenvalue weighted by atomic mass is 19.4. The van der Waals surface area contributed by atoms with Crippen LogP contribution in [0.25, 0.3) is 0 Å². The Hall–Kier alpha value is -2.93. The lowest BCUT2D eigenvalue weighted by Gasteiger charge is -2.21. The van der Waals surface area contributed by atoms with Crippen LogP contribution in [0, 0.1) is 0 Å². The lowest BCUT2D eigenvalue weighted by Crippen LogP contribution is -2.37. The van der Waals surface area contributed by atoms with Crippen molar-refractivity contribution < 1.29 is 27.8 Å². The minimum atomic E-state index is -4.36. The highest BCUT2D eigenvalue weighted by molar-refractivity contribution is 5.96. The molecule has 6 N–H and O–H groups in total. The van der Waals surface area contributed by atoms with Crippen LogP contribution in [0.4, 0.5) is 13.2 Å². The Kier molecular flexibility index (Phi) is 24.4. The second kappa shape index (κ2) is 24.8. The van der Waals surface area contributed by atoms with E-state index in [-0.39, 0.29) is 12.2 Å². The average Bonchev–Trinajstić information content (AvgIpc) is 3.31. The van der Waals surface area contributed by atoms with Crippen LogP contribution in [-0.4, -0.2) is 72.5 Å². The lowest BCUT2D eigenvalue weighted by atomic mass is 10.1. The summed E-state index contributed by atoms with van der Waals surface area (Å²) in [6.45, 7) is 16.9. The van der Waals surface area contributed by atoms with Gasteiger partial charge < -0.3 is 20.6 Å². The first kappa shape index (κ1) is 40.2. The van der Waals surface area contributed by atoms with Crippen molar-refractivity contribution in [1.29, 1.82) is 0 Å². The summed E-state index contributed by atoms with van der Waals surface area (Å²) in [5.74, 6) is 10.2. The van der Waals surface area contributed by atoms with E-state index in [1.54, 1.807) is 6.08 Å². The van der Waals surface area contributed by atoms with Gasteiger partial charge in [0.05, 0.1) is 17.7 Å². The molecule has 0 radical (unpaired) electrons. The maximum absolute atomic E-state index is 12.5. The number of nitrogens with one attached hydrogen (secondary N) is 1. The lowest BCUT2D eigenvalue weighted by molar-refractivity contribution is -0.135. The number of cyclic esters (lactones) is 1. The molecular formula is C29H51F3N6O3. The Morgan fingerprint density at radius 2 is 1.90 bits per heavy atom. The van der Waals surface area contributed by atoms with Crippen LogP contribution in [0.15, 0.2) is 65.5 Å². The van der Waals surface area contributed by atoms with Gasteiger partial charge in [-0.15, -0.1) is 13.2 Å². The van der Waals surface area contributed by atoms with Gasteiger partial charge in [-0.3, -0.25) is 10.3 Å². The van der Waals surface area contributed by atoms with Crippen molar-refractivity contribution in [3.8, 4) is 0 Å². The minimum Gasteiger partial charge on any atom is -0.457 e. The molecule has 1 aliphatic heterocycles. The number of hydrogen-bond donors (Lipinski definition) is 4. The van der Waals surface area contributed by atoms with E-state index in [4.69, 9.17) is 16.4 Å². The minimum absolute atomic E-state index is 0.0165. The average molecular weight is 589 g/mol. The van der Waals surface area contributed by atoms with Gasteiger partial charge in [0.2, 0.25) is 0 Å². The molecule has 236 valence electrons. The first-order valence-electron chi connectivity index (χ1n) is 14.0. The first-order valence-corrected chi connectivity index (χ1v) is 14.0. The quantitative estimate of drug-likeness (QED) is 0.0181. The summed E-state index contributed by atoms with van der Waals surface area (Å²) in [5, 5.41) is 18.0. The molecule has 0 aromatic carbocycles. The van der Waals surface area contributed by atoms with Gasteiger partial charge in [-0.1, -0.05) is 45.1 Å². The fourth-order valence-electron chi connectivity index (χ4n) is 3.64. The Morgan fingerprint density at radius 3 is 2.49 bits per heavy atom. The van der Waals surface area contributed by atoms with Crippen LogP contribution in [-0.2, 0) is 9.53 Å². The number of halogens is 3. The Bertz CT molecular complexity index is 857. The summed E-state index contributed by atoms with van der Waals surface area (Å²) in [6, 6.07) is 0. The molecule has 0 aromatic heterocycles. The highest BCUT2D eigenvalue weighted by Crippen LogP contribution is 2.26. The number of esters is 1. The summed E-state index contributed by atoms with van der Waals surface area (Å²) >= 11 is 0. The monoisotopic (exact) mass is 588 g/mol. The molecule has 0 amide bonds. The van der Waals surface area contributed by atoms with Gasteiger partial charge in [-0.25, -0.2) is 10.6 Å². The number of hydrazine groups is 1. The topological polar surface area (TPSA) is 129 Å². The second-order valence-corrected chi connectivity index (χ2v) is 8.51. The second-order valence-electron chi connectivity index (χ2n) is 8.51. The standard InChI is InChI=1S/C25H41F3N6O3.C2H6.C2H4/c1-3-21(34(30)19-32-29)11-6-5-7-12-23(35)31-15-17-33(4-2)16-9-8-10-20-18-37-24(36)22(20)13-14-25(26,27)28;2*1-2/h3,6,10-11,13,19,23,31,35H,4-5,7-9,12,14-18,29-30H2,1-2H3;1-2H3;1-2H2/b11-6-,20-10-,21-3+,22-13+,32-19-;;. The van der Waals surface area contributed by atoms with Gasteiger partial charge in [0.1, 0.15) is 19.2 Å². The van der Waals surface area contributed by atoms with E-state index < -0.39 is 24.8 Å². The van der Waals surface area contributed by atoms with E-state index in [2.05, 4.69) is 28.5 Å². The molecule has 0 aromatic rings. The number of allylic oxidation sites excluding steroid dienone is 5. The van der Waals surface area contributed by atoms with Gasteiger partial charge in [-0.05, 0) is 63.8 Å². The highest BCUT2D eigenvalue weighted by Gasteiger charge is 2.29. The number of rotatable bonds is 17. The first-order chi connectivity index (χ1) is 19.6. The van der Waals surface area contributed by atoms with Gasteiger partial charge in [0.15, 0.2) is 0 Å². The number of alkyl halides is 3.